The molecular formula is C13H22N4O. The molecule has 0 bridgehead atoms. The third-order valence-corrected chi connectivity index (χ3v) is 3.64. The number of hydrogen-bond donors (Lipinski definition) is 2. The van der Waals surface area contributed by atoms with Crippen molar-refractivity contribution in [2.24, 2.45) is 0 Å². The Hall–Kier alpha value is -1.36. The first-order valence-corrected chi connectivity index (χ1v) is 6.66. The molecule has 0 aromatic carbocycles. The molecule has 1 aliphatic rings. The Kier molecular flexibility index (Phi) is 4.01. The van der Waals surface area contributed by atoms with E-state index in [4.69, 9.17) is 0 Å². The van der Waals surface area contributed by atoms with Gasteiger partial charge in [0.05, 0.1) is 11.3 Å². The van der Waals surface area contributed by atoms with Gasteiger partial charge >= 0.3 is 0 Å². The van der Waals surface area contributed by atoms with Crippen molar-refractivity contribution >= 4 is 5.91 Å². The number of carbonyl (C=O) groups excluding carboxylic acids is 1. The van der Waals surface area contributed by atoms with Gasteiger partial charge in [0.25, 0.3) is 5.91 Å². The third kappa shape index (κ3) is 2.72. The molecular weight excluding hydrogens is 228 g/mol. The lowest BCUT2D eigenvalue weighted by atomic mass is 10.0. The highest BCUT2D eigenvalue weighted by molar-refractivity contribution is 5.96. The van der Waals surface area contributed by atoms with Crippen LogP contribution in [0.4, 0.5) is 0 Å². The molecule has 5 nitrogen and oxygen atoms in total. The maximum absolute atomic E-state index is 12.2. The average molecular weight is 250 g/mol. The number of aromatic amines is 1. The van der Waals surface area contributed by atoms with E-state index in [0.29, 0.717) is 5.56 Å². The van der Waals surface area contributed by atoms with E-state index in [1.807, 2.05) is 13.8 Å². The van der Waals surface area contributed by atoms with Gasteiger partial charge in [0.2, 0.25) is 0 Å². The SMILES string of the molecule is CCN1CCCC(NC(=O)c2c(C)n[nH]c2C)C1. The first kappa shape index (κ1) is 13.1. The molecule has 1 atom stereocenters. The number of nitrogens with zero attached hydrogens (tertiary/aromatic N) is 2. The predicted molar refractivity (Wildman–Crippen MR) is 70.7 cm³/mol. The topological polar surface area (TPSA) is 61.0 Å². The summed E-state index contributed by atoms with van der Waals surface area (Å²) < 4.78 is 0. The molecule has 1 fully saturated rings. The lowest BCUT2D eigenvalue weighted by Gasteiger charge is -2.32. The summed E-state index contributed by atoms with van der Waals surface area (Å²) in [6.45, 7) is 9.06. The monoisotopic (exact) mass is 250 g/mol. The lowest BCUT2D eigenvalue weighted by Crippen LogP contribution is -2.47. The van der Waals surface area contributed by atoms with E-state index >= 15 is 0 Å². The minimum atomic E-state index is 0.00158. The van der Waals surface area contributed by atoms with Crippen LogP contribution in [0.3, 0.4) is 0 Å². The zero-order valence-corrected chi connectivity index (χ0v) is 11.4. The molecule has 0 saturated carbocycles. The van der Waals surface area contributed by atoms with Crippen molar-refractivity contribution in [1.29, 1.82) is 0 Å². The van der Waals surface area contributed by atoms with Gasteiger partial charge in [-0.3, -0.25) is 9.89 Å². The molecule has 0 aliphatic carbocycles. The number of amides is 1. The molecule has 0 radical (unpaired) electrons. The standard InChI is InChI=1S/C13H22N4O/c1-4-17-7-5-6-11(8-17)14-13(18)12-9(2)15-16-10(12)3/h11H,4-8H2,1-3H3,(H,14,18)(H,15,16). The summed E-state index contributed by atoms with van der Waals surface area (Å²) in [5, 5.41) is 10.0. The quantitative estimate of drug-likeness (QED) is 0.848. The molecule has 1 saturated heterocycles. The predicted octanol–water partition coefficient (Wildman–Crippen LogP) is 1.24. The van der Waals surface area contributed by atoms with E-state index in [0.717, 1.165) is 43.9 Å². The van der Waals surface area contributed by atoms with Gasteiger partial charge in [-0.25, -0.2) is 0 Å². The fraction of sp³-hybridized carbons (Fsp3) is 0.692. The number of rotatable bonds is 3. The second-order valence-electron chi connectivity index (χ2n) is 5.01. The van der Waals surface area contributed by atoms with Gasteiger partial charge in [-0.05, 0) is 39.8 Å². The number of likely N-dealkylation sites (N-methyl/N-ethyl adjacent to an activating group) is 1. The van der Waals surface area contributed by atoms with Gasteiger partial charge in [-0.15, -0.1) is 0 Å². The van der Waals surface area contributed by atoms with Crippen molar-refractivity contribution in [3.05, 3.63) is 17.0 Å². The highest BCUT2D eigenvalue weighted by atomic mass is 16.1. The maximum atomic E-state index is 12.2. The summed E-state index contributed by atoms with van der Waals surface area (Å²) in [4.78, 5) is 14.6. The van der Waals surface area contributed by atoms with Gasteiger partial charge in [-0.2, -0.15) is 5.10 Å². The highest BCUT2D eigenvalue weighted by Crippen LogP contribution is 2.13. The summed E-state index contributed by atoms with van der Waals surface area (Å²) in [6.07, 6.45) is 2.22. The van der Waals surface area contributed by atoms with Crippen LogP contribution in [0.2, 0.25) is 0 Å². The Morgan fingerprint density at radius 2 is 2.33 bits per heavy atom. The number of aryl methyl sites for hydroxylation is 2. The zero-order chi connectivity index (χ0) is 13.1. The Balaban J connectivity index is 1.99. The zero-order valence-electron chi connectivity index (χ0n) is 11.4. The second kappa shape index (κ2) is 5.52. The fourth-order valence-electron chi connectivity index (χ4n) is 2.60. The van der Waals surface area contributed by atoms with Gasteiger partial charge in [-0.1, -0.05) is 6.92 Å². The molecule has 18 heavy (non-hydrogen) atoms. The molecule has 2 heterocycles. The first-order valence-electron chi connectivity index (χ1n) is 6.66. The van der Waals surface area contributed by atoms with Crippen molar-refractivity contribution in [2.45, 2.75) is 39.7 Å². The Labute approximate surface area is 108 Å². The summed E-state index contributed by atoms with van der Waals surface area (Å²) in [7, 11) is 0. The summed E-state index contributed by atoms with van der Waals surface area (Å²) in [5.74, 6) is 0.00158. The summed E-state index contributed by atoms with van der Waals surface area (Å²) in [6, 6.07) is 0.264. The van der Waals surface area contributed by atoms with Crippen molar-refractivity contribution < 1.29 is 4.79 Å². The van der Waals surface area contributed by atoms with Crippen LogP contribution < -0.4 is 5.32 Å². The Bertz CT molecular complexity index is 407. The normalized spacial score (nSPS) is 20.9. The molecule has 1 amide bonds. The molecule has 2 N–H and O–H groups in total. The molecule has 1 aromatic rings. The van der Waals surface area contributed by atoms with Crippen LogP contribution in [0.5, 0.6) is 0 Å². The van der Waals surface area contributed by atoms with Crippen molar-refractivity contribution in [2.75, 3.05) is 19.6 Å². The Morgan fingerprint density at radius 3 is 2.94 bits per heavy atom. The van der Waals surface area contributed by atoms with Crippen molar-refractivity contribution in [3.8, 4) is 0 Å². The number of likely N-dealkylation sites (tertiary alicyclic amines) is 1. The molecule has 1 unspecified atom stereocenters. The maximum Gasteiger partial charge on any atom is 0.255 e. The van der Waals surface area contributed by atoms with E-state index in [1.54, 1.807) is 0 Å². The van der Waals surface area contributed by atoms with Gasteiger partial charge in [0.1, 0.15) is 0 Å². The van der Waals surface area contributed by atoms with Gasteiger partial charge < -0.3 is 10.2 Å². The molecule has 0 spiro atoms. The van der Waals surface area contributed by atoms with Crippen LogP contribution in [-0.4, -0.2) is 46.7 Å². The minimum absolute atomic E-state index is 0.00158. The number of aromatic nitrogens is 2. The summed E-state index contributed by atoms with van der Waals surface area (Å²) in [5.41, 5.74) is 2.31. The van der Waals surface area contributed by atoms with Crippen LogP contribution in [0.15, 0.2) is 0 Å². The number of piperidine rings is 1. The van der Waals surface area contributed by atoms with E-state index in [1.165, 1.54) is 0 Å². The highest BCUT2D eigenvalue weighted by Gasteiger charge is 2.23. The summed E-state index contributed by atoms with van der Waals surface area (Å²) >= 11 is 0. The number of hydrogen-bond acceptors (Lipinski definition) is 3. The lowest BCUT2D eigenvalue weighted by molar-refractivity contribution is 0.0904. The van der Waals surface area contributed by atoms with Crippen molar-refractivity contribution in [1.82, 2.24) is 20.4 Å². The number of H-pyrrole nitrogens is 1. The van der Waals surface area contributed by atoms with Gasteiger partial charge in [0.15, 0.2) is 0 Å². The number of carbonyl (C=O) groups is 1. The van der Waals surface area contributed by atoms with E-state index in [9.17, 15) is 4.79 Å². The average Bonchev–Trinajstić information content (AvgIpc) is 2.69. The van der Waals surface area contributed by atoms with Crippen LogP contribution in [0.25, 0.3) is 0 Å². The first-order chi connectivity index (χ1) is 8.61. The molecule has 2 rings (SSSR count). The second-order valence-corrected chi connectivity index (χ2v) is 5.01. The third-order valence-electron chi connectivity index (χ3n) is 3.64. The smallest absolute Gasteiger partial charge is 0.255 e. The molecule has 1 aromatic heterocycles. The fourth-order valence-corrected chi connectivity index (χ4v) is 2.60. The van der Waals surface area contributed by atoms with Crippen LogP contribution in [-0.2, 0) is 0 Å². The number of nitrogens with one attached hydrogen (secondary N) is 2. The van der Waals surface area contributed by atoms with E-state index < -0.39 is 0 Å². The van der Waals surface area contributed by atoms with Crippen LogP contribution in [0.1, 0.15) is 41.5 Å². The molecule has 100 valence electrons. The minimum Gasteiger partial charge on any atom is -0.348 e. The molecule has 5 heteroatoms. The van der Waals surface area contributed by atoms with Crippen molar-refractivity contribution in [3.63, 3.8) is 0 Å². The van der Waals surface area contributed by atoms with Crippen LogP contribution >= 0.6 is 0 Å². The van der Waals surface area contributed by atoms with Crippen LogP contribution in [0, 0.1) is 13.8 Å². The van der Waals surface area contributed by atoms with E-state index in [-0.39, 0.29) is 11.9 Å². The molecule has 1 aliphatic heterocycles. The Morgan fingerprint density at radius 1 is 1.56 bits per heavy atom. The van der Waals surface area contributed by atoms with Gasteiger partial charge in [0, 0.05) is 18.3 Å². The van der Waals surface area contributed by atoms with E-state index in [2.05, 4.69) is 27.3 Å². The largest absolute Gasteiger partial charge is 0.348 e.